The van der Waals surface area contributed by atoms with E-state index < -0.39 is 0 Å². The van der Waals surface area contributed by atoms with Crippen LogP contribution in [-0.4, -0.2) is 0 Å². The first-order valence-corrected chi connectivity index (χ1v) is 6.51. The van der Waals surface area contributed by atoms with E-state index in [1.807, 2.05) is 0 Å². The first kappa shape index (κ1) is 11.5. The van der Waals surface area contributed by atoms with E-state index in [4.69, 9.17) is 11.6 Å². The molecule has 0 aliphatic carbocycles. The van der Waals surface area contributed by atoms with E-state index >= 15 is 0 Å². The van der Waals surface area contributed by atoms with Crippen molar-refractivity contribution in [3.8, 4) is 0 Å². The minimum absolute atomic E-state index is 0.462. The lowest BCUT2D eigenvalue weighted by atomic mass is 10.1. The molecule has 1 aromatic heterocycles. The molecule has 0 saturated carbocycles. The van der Waals surface area contributed by atoms with Crippen LogP contribution in [0.2, 0.25) is 4.34 Å². The van der Waals surface area contributed by atoms with E-state index in [0.717, 1.165) is 10.8 Å². The fourth-order valence-electron chi connectivity index (χ4n) is 1.17. The van der Waals surface area contributed by atoms with Gasteiger partial charge in [0.05, 0.1) is 4.34 Å². The molecule has 0 aromatic carbocycles. The predicted octanol–water partition coefficient (Wildman–Crippen LogP) is 5.19. The molecule has 0 saturated heterocycles. The summed E-state index contributed by atoms with van der Waals surface area (Å²) in [7, 11) is 0. The third-order valence-electron chi connectivity index (χ3n) is 1.86. The van der Waals surface area contributed by atoms with Crippen molar-refractivity contribution in [1.82, 2.24) is 0 Å². The van der Waals surface area contributed by atoms with Crippen molar-refractivity contribution in [2.24, 2.45) is 5.92 Å². The molecule has 0 radical (unpaired) electrons. The summed E-state index contributed by atoms with van der Waals surface area (Å²) in [5, 5.41) is 0. The highest BCUT2D eigenvalue weighted by Gasteiger charge is 2.13. The minimum Gasteiger partial charge on any atom is -0.127 e. The maximum atomic E-state index is 6.01. The maximum absolute atomic E-state index is 6.01. The normalized spacial score (nSPS) is 13.7. The Bertz CT molecular complexity index is 261. The summed E-state index contributed by atoms with van der Waals surface area (Å²) in [5.41, 5.74) is 1.19. The predicted molar refractivity (Wildman–Crippen MR) is 65.2 cm³/mol. The van der Waals surface area contributed by atoms with Crippen molar-refractivity contribution in [3.63, 3.8) is 0 Å². The van der Waals surface area contributed by atoms with Crippen LogP contribution in [0.4, 0.5) is 0 Å². The smallest absolute Gasteiger partial charge is 0.0960 e. The Labute approximate surface area is 97.4 Å². The van der Waals surface area contributed by atoms with Gasteiger partial charge in [-0.3, -0.25) is 0 Å². The lowest BCUT2D eigenvalue weighted by molar-refractivity contribution is 0.587. The van der Waals surface area contributed by atoms with E-state index in [9.17, 15) is 0 Å². The number of aryl methyl sites for hydroxylation is 1. The van der Waals surface area contributed by atoms with E-state index in [-0.39, 0.29) is 0 Å². The van der Waals surface area contributed by atoms with Crippen LogP contribution >= 0.6 is 38.9 Å². The highest BCUT2D eigenvalue weighted by molar-refractivity contribution is 9.09. The van der Waals surface area contributed by atoms with Crippen LogP contribution in [0.15, 0.2) is 6.07 Å². The third kappa shape index (κ3) is 3.26. The van der Waals surface area contributed by atoms with E-state index in [1.54, 1.807) is 11.3 Å². The van der Waals surface area contributed by atoms with Gasteiger partial charge in [0, 0.05) is 9.70 Å². The molecule has 13 heavy (non-hydrogen) atoms. The van der Waals surface area contributed by atoms with Crippen LogP contribution in [-0.2, 0) is 0 Å². The Morgan fingerprint density at radius 2 is 2.15 bits per heavy atom. The Morgan fingerprint density at radius 3 is 2.54 bits per heavy atom. The largest absolute Gasteiger partial charge is 0.127 e. The third-order valence-corrected chi connectivity index (χ3v) is 4.70. The molecule has 1 atom stereocenters. The maximum Gasteiger partial charge on any atom is 0.0960 e. The molecule has 1 heterocycles. The average Bonchev–Trinajstić information content (AvgIpc) is 2.31. The number of hydrogen-bond donors (Lipinski definition) is 0. The van der Waals surface area contributed by atoms with Gasteiger partial charge in [-0.15, -0.1) is 11.3 Å². The molecule has 1 unspecified atom stereocenters. The molecule has 0 bridgehead atoms. The molecule has 0 spiro atoms. The summed E-state index contributed by atoms with van der Waals surface area (Å²) in [6, 6.07) is 2.18. The van der Waals surface area contributed by atoms with Crippen molar-refractivity contribution in [3.05, 3.63) is 20.8 Å². The summed E-state index contributed by atoms with van der Waals surface area (Å²) in [6.45, 7) is 6.52. The molecule has 1 aromatic rings. The fraction of sp³-hybridized carbons (Fsp3) is 0.600. The van der Waals surface area contributed by atoms with Crippen LogP contribution in [0.3, 0.4) is 0 Å². The van der Waals surface area contributed by atoms with Crippen molar-refractivity contribution < 1.29 is 0 Å². The van der Waals surface area contributed by atoms with Crippen molar-refractivity contribution >= 4 is 38.9 Å². The SMILES string of the molecule is Cc1cc(C(Br)CC(C)C)sc1Cl. The topological polar surface area (TPSA) is 0 Å². The molecule has 0 amide bonds. The molecule has 0 nitrogen and oxygen atoms in total. The molecule has 3 heteroatoms. The first-order valence-electron chi connectivity index (χ1n) is 4.40. The van der Waals surface area contributed by atoms with Crippen LogP contribution in [0.5, 0.6) is 0 Å². The van der Waals surface area contributed by atoms with Gasteiger partial charge in [-0.25, -0.2) is 0 Å². The van der Waals surface area contributed by atoms with Gasteiger partial charge in [0.2, 0.25) is 0 Å². The summed E-state index contributed by atoms with van der Waals surface area (Å²) in [4.78, 5) is 1.81. The van der Waals surface area contributed by atoms with Gasteiger partial charge in [-0.05, 0) is 30.9 Å². The second-order valence-electron chi connectivity index (χ2n) is 3.70. The zero-order valence-corrected chi connectivity index (χ0v) is 11.3. The Kier molecular flexibility index (Phi) is 4.27. The number of halogens is 2. The summed E-state index contributed by atoms with van der Waals surface area (Å²) in [6.07, 6.45) is 1.16. The Balaban J connectivity index is 2.71. The Morgan fingerprint density at radius 1 is 1.54 bits per heavy atom. The van der Waals surface area contributed by atoms with E-state index in [0.29, 0.717) is 10.7 Å². The standard InChI is InChI=1S/C10H14BrClS/c1-6(2)4-8(11)9-5-7(3)10(12)13-9/h5-6,8H,4H2,1-3H3. The van der Waals surface area contributed by atoms with Gasteiger partial charge in [0.1, 0.15) is 0 Å². The molecule has 0 aliphatic rings. The number of alkyl halides is 1. The second-order valence-corrected chi connectivity index (χ2v) is 6.49. The van der Waals surface area contributed by atoms with Gasteiger partial charge in [0.25, 0.3) is 0 Å². The van der Waals surface area contributed by atoms with Crippen LogP contribution < -0.4 is 0 Å². The van der Waals surface area contributed by atoms with Crippen molar-refractivity contribution in [2.45, 2.75) is 32.0 Å². The monoisotopic (exact) mass is 280 g/mol. The fourth-order valence-corrected chi connectivity index (χ4v) is 3.54. The second kappa shape index (κ2) is 4.81. The highest BCUT2D eigenvalue weighted by Crippen LogP contribution is 2.38. The van der Waals surface area contributed by atoms with Crippen LogP contribution in [0.1, 0.15) is 35.5 Å². The molecular weight excluding hydrogens is 268 g/mol. The lowest BCUT2D eigenvalue weighted by Gasteiger charge is -2.09. The van der Waals surface area contributed by atoms with E-state index in [2.05, 4.69) is 42.8 Å². The van der Waals surface area contributed by atoms with E-state index in [1.165, 1.54) is 10.4 Å². The molecule has 0 aliphatic heterocycles. The number of rotatable bonds is 3. The molecule has 74 valence electrons. The lowest BCUT2D eigenvalue weighted by Crippen LogP contribution is -1.93. The molecule has 1 rings (SSSR count). The zero-order valence-electron chi connectivity index (χ0n) is 8.10. The van der Waals surface area contributed by atoms with Crippen LogP contribution in [0.25, 0.3) is 0 Å². The zero-order chi connectivity index (χ0) is 10.0. The van der Waals surface area contributed by atoms with Crippen molar-refractivity contribution in [2.75, 3.05) is 0 Å². The summed E-state index contributed by atoms with van der Waals surface area (Å²) < 4.78 is 0.920. The summed E-state index contributed by atoms with van der Waals surface area (Å²) in [5.74, 6) is 0.713. The van der Waals surface area contributed by atoms with Gasteiger partial charge >= 0.3 is 0 Å². The number of thiophene rings is 1. The molecule has 0 fully saturated rings. The van der Waals surface area contributed by atoms with Crippen LogP contribution in [0, 0.1) is 12.8 Å². The van der Waals surface area contributed by atoms with Crippen molar-refractivity contribution in [1.29, 1.82) is 0 Å². The van der Waals surface area contributed by atoms with Gasteiger partial charge in [-0.2, -0.15) is 0 Å². The van der Waals surface area contributed by atoms with Gasteiger partial charge in [0.15, 0.2) is 0 Å². The Hall–Kier alpha value is 0.470. The minimum atomic E-state index is 0.462. The van der Waals surface area contributed by atoms with Gasteiger partial charge in [-0.1, -0.05) is 41.4 Å². The highest BCUT2D eigenvalue weighted by atomic mass is 79.9. The quantitative estimate of drug-likeness (QED) is 0.669. The van der Waals surface area contributed by atoms with Gasteiger partial charge < -0.3 is 0 Å². The molecule has 0 N–H and O–H groups in total. The molecular formula is C10H14BrClS. The average molecular weight is 282 g/mol. The first-order chi connectivity index (χ1) is 6.00. The number of hydrogen-bond acceptors (Lipinski definition) is 1. The summed E-state index contributed by atoms with van der Waals surface area (Å²) >= 11 is 11.4.